The van der Waals surface area contributed by atoms with Crippen molar-refractivity contribution in [1.82, 2.24) is 19.9 Å². The quantitative estimate of drug-likeness (QED) is 0.358. The largest absolute Gasteiger partial charge is 0.477 e. The first-order chi connectivity index (χ1) is 18.8. The van der Waals surface area contributed by atoms with E-state index in [1.807, 2.05) is 87.5 Å². The molecule has 0 radical (unpaired) electrons. The first-order valence-electron chi connectivity index (χ1n) is 12.9. The van der Waals surface area contributed by atoms with Crippen LogP contribution in [0.5, 0.6) is 5.75 Å². The Hall–Kier alpha value is -4.62. The number of hydrogen-bond donors (Lipinski definition) is 2. The molecule has 192 valence electrons. The zero-order valence-electron chi connectivity index (χ0n) is 21.8. The predicted octanol–water partition coefficient (Wildman–Crippen LogP) is 4.82. The summed E-state index contributed by atoms with van der Waals surface area (Å²) in [5.41, 5.74) is 2.74. The fourth-order valence-corrected chi connectivity index (χ4v) is 6.52. The van der Waals surface area contributed by atoms with Crippen molar-refractivity contribution >= 4 is 0 Å². The van der Waals surface area contributed by atoms with Gasteiger partial charge in [0.25, 0.3) is 5.56 Å². The Morgan fingerprint density at radius 1 is 0.949 bits per heavy atom. The third-order valence-electron chi connectivity index (χ3n) is 8.03. The molecule has 1 aliphatic carbocycles. The SMILES string of the molecule is Cc1ccc([C@@]23Oc4cc(C)cc(C)c4[C@]2(O)c2nc(-c4cnccn4)[nH]c(=O)c2[C@H]3c2ccccc2)cc1. The summed E-state index contributed by atoms with van der Waals surface area (Å²) in [7, 11) is 0. The van der Waals surface area contributed by atoms with Crippen molar-refractivity contribution in [2.24, 2.45) is 0 Å². The van der Waals surface area contributed by atoms with E-state index in [1.54, 1.807) is 18.6 Å². The van der Waals surface area contributed by atoms with Crippen molar-refractivity contribution in [2.45, 2.75) is 37.9 Å². The van der Waals surface area contributed by atoms with Crippen LogP contribution >= 0.6 is 0 Å². The average Bonchev–Trinajstić information content (AvgIpc) is 3.32. The second kappa shape index (κ2) is 8.19. The number of H-pyrrole nitrogens is 1. The van der Waals surface area contributed by atoms with Gasteiger partial charge in [0, 0.05) is 23.5 Å². The van der Waals surface area contributed by atoms with Crippen LogP contribution in [-0.4, -0.2) is 25.0 Å². The monoisotopic (exact) mass is 514 g/mol. The molecule has 0 amide bonds. The van der Waals surface area contributed by atoms with Gasteiger partial charge in [0.05, 0.1) is 23.4 Å². The summed E-state index contributed by atoms with van der Waals surface area (Å²) in [6.07, 6.45) is 4.64. The van der Waals surface area contributed by atoms with Gasteiger partial charge < -0.3 is 14.8 Å². The maximum absolute atomic E-state index is 14.0. The first-order valence-corrected chi connectivity index (χ1v) is 12.9. The standard InChI is InChI=1S/C32H26N4O3/c1-18-9-11-22(12-10-18)32-27(21-7-5-4-6-8-21)25-28(35-29(36-30(25)37)23-17-33-13-14-34-23)31(32,38)26-20(3)15-19(2)16-24(26)39-32/h4-17,27,38H,1-3H3,(H,35,36,37)/t27-,31+,32+/m1/s1. The number of ether oxygens (including phenoxy) is 1. The van der Waals surface area contributed by atoms with Crippen LogP contribution in [0.15, 0.2) is 90.1 Å². The second-order valence-corrected chi connectivity index (χ2v) is 10.5. The molecule has 3 atom stereocenters. The van der Waals surface area contributed by atoms with E-state index in [9.17, 15) is 9.90 Å². The van der Waals surface area contributed by atoms with Crippen molar-refractivity contribution in [2.75, 3.05) is 0 Å². The number of fused-ring (bicyclic) bond motifs is 5. The molecule has 3 aromatic carbocycles. The molecule has 0 spiro atoms. The smallest absolute Gasteiger partial charge is 0.255 e. The van der Waals surface area contributed by atoms with Crippen LogP contribution < -0.4 is 10.3 Å². The van der Waals surface area contributed by atoms with Crippen LogP contribution in [0.3, 0.4) is 0 Å². The minimum atomic E-state index is -1.77. The van der Waals surface area contributed by atoms with E-state index >= 15 is 0 Å². The van der Waals surface area contributed by atoms with Crippen LogP contribution in [0.1, 0.15) is 50.6 Å². The summed E-state index contributed by atoms with van der Waals surface area (Å²) in [4.78, 5) is 30.4. The highest BCUT2D eigenvalue weighted by Crippen LogP contribution is 2.68. The molecule has 5 aromatic rings. The summed E-state index contributed by atoms with van der Waals surface area (Å²) in [5.74, 6) is 0.177. The summed E-state index contributed by atoms with van der Waals surface area (Å²) >= 11 is 0. The Labute approximate surface area is 225 Å². The first kappa shape index (κ1) is 23.5. The highest BCUT2D eigenvalue weighted by molar-refractivity contribution is 5.67. The molecule has 2 aromatic heterocycles. The van der Waals surface area contributed by atoms with E-state index < -0.39 is 17.1 Å². The molecular weight excluding hydrogens is 488 g/mol. The molecule has 0 fully saturated rings. The van der Waals surface area contributed by atoms with Crippen molar-refractivity contribution in [3.63, 3.8) is 0 Å². The number of aryl methyl sites for hydroxylation is 3. The van der Waals surface area contributed by atoms with Gasteiger partial charge >= 0.3 is 0 Å². The zero-order chi connectivity index (χ0) is 26.9. The zero-order valence-corrected chi connectivity index (χ0v) is 21.8. The van der Waals surface area contributed by atoms with Gasteiger partial charge in [-0.25, -0.2) is 9.97 Å². The lowest BCUT2D eigenvalue weighted by molar-refractivity contribution is -0.0905. The molecule has 2 aliphatic rings. The molecule has 0 saturated heterocycles. The summed E-state index contributed by atoms with van der Waals surface area (Å²) < 4.78 is 6.99. The minimum absolute atomic E-state index is 0.241. The molecular formula is C32H26N4O3. The fourth-order valence-electron chi connectivity index (χ4n) is 6.52. The van der Waals surface area contributed by atoms with Crippen LogP contribution in [0, 0.1) is 20.8 Å². The Kier molecular flexibility index (Phi) is 4.93. The number of aliphatic hydroxyl groups is 1. The van der Waals surface area contributed by atoms with E-state index in [1.165, 1.54) is 0 Å². The van der Waals surface area contributed by atoms with Gasteiger partial charge in [-0.2, -0.15) is 0 Å². The lowest BCUT2D eigenvalue weighted by Gasteiger charge is -2.40. The Balaban J connectivity index is 1.65. The lowest BCUT2D eigenvalue weighted by Crippen LogP contribution is -2.49. The van der Waals surface area contributed by atoms with E-state index in [0.29, 0.717) is 22.6 Å². The molecule has 3 heterocycles. The predicted molar refractivity (Wildman–Crippen MR) is 147 cm³/mol. The number of nitrogens with one attached hydrogen (secondary N) is 1. The third-order valence-corrected chi connectivity index (χ3v) is 8.03. The van der Waals surface area contributed by atoms with Gasteiger partial charge in [-0.3, -0.25) is 9.78 Å². The number of aromatic amines is 1. The van der Waals surface area contributed by atoms with Gasteiger partial charge in [0.1, 0.15) is 11.4 Å². The summed E-state index contributed by atoms with van der Waals surface area (Å²) in [6.45, 7) is 5.98. The number of rotatable bonds is 3. The third kappa shape index (κ3) is 3.08. The van der Waals surface area contributed by atoms with E-state index in [4.69, 9.17) is 9.72 Å². The maximum Gasteiger partial charge on any atom is 0.255 e. The maximum atomic E-state index is 14.0. The van der Waals surface area contributed by atoms with Crippen LogP contribution in [-0.2, 0) is 11.2 Å². The molecule has 7 rings (SSSR count). The summed E-state index contributed by atoms with van der Waals surface area (Å²) in [5, 5.41) is 13.2. The Bertz CT molecular complexity index is 1800. The fraction of sp³-hybridized carbons (Fsp3) is 0.188. The van der Waals surface area contributed by atoms with Gasteiger partial charge in [0.15, 0.2) is 17.0 Å². The number of aromatic nitrogens is 4. The molecule has 7 nitrogen and oxygen atoms in total. The van der Waals surface area contributed by atoms with Crippen molar-refractivity contribution in [3.05, 3.63) is 140 Å². The molecule has 2 N–H and O–H groups in total. The molecule has 0 unspecified atom stereocenters. The molecule has 39 heavy (non-hydrogen) atoms. The minimum Gasteiger partial charge on any atom is -0.477 e. The molecule has 7 heteroatoms. The van der Waals surface area contributed by atoms with E-state index in [-0.39, 0.29) is 17.1 Å². The van der Waals surface area contributed by atoms with Gasteiger partial charge in [0.2, 0.25) is 0 Å². The second-order valence-electron chi connectivity index (χ2n) is 10.5. The van der Waals surface area contributed by atoms with E-state index in [2.05, 4.69) is 15.0 Å². The highest BCUT2D eigenvalue weighted by Gasteiger charge is 2.73. The molecule has 0 saturated carbocycles. The normalized spacial score (nSPS) is 22.6. The topological polar surface area (TPSA) is 101 Å². The average molecular weight is 515 g/mol. The Morgan fingerprint density at radius 3 is 2.44 bits per heavy atom. The van der Waals surface area contributed by atoms with Crippen molar-refractivity contribution < 1.29 is 9.84 Å². The summed E-state index contributed by atoms with van der Waals surface area (Å²) in [6, 6.07) is 21.7. The Morgan fingerprint density at radius 2 is 1.72 bits per heavy atom. The highest BCUT2D eigenvalue weighted by atomic mass is 16.5. The van der Waals surface area contributed by atoms with Gasteiger partial charge in [-0.05, 0) is 43.5 Å². The van der Waals surface area contributed by atoms with Crippen LogP contribution in [0.2, 0.25) is 0 Å². The van der Waals surface area contributed by atoms with Crippen molar-refractivity contribution in [1.29, 1.82) is 0 Å². The molecule has 1 aliphatic heterocycles. The van der Waals surface area contributed by atoms with Crippen LogP contribution in [0.25, 0.3) is 11.5 Å². The van der Waals surface area contributed by atoms with Gasteiger partial charge in [-0.1, -0.05) is 66.2 Å². The van der Waals surface area contributed by atoms with Gasteiger partial charge in [-0.15, -0.1) is 0 Å². The van der Waals surface area contributed by atoms with E-state index in [0.717, 1.165) is 27.8 Å². The number of hydrogen-bond acceptors (Lipinski definition) is 6. The molecule has 0 bridgehead atoms. The number of nitrogens with zero attached hydrogens (tertiary/aromatic N) is 3. The van der Waals surface area contributed by atoms with Crippen molar-refractivity contribution in [3.8, 4) is 17.3 Å². The van der Waals surface area contributed by atoms with Crippen LogP contribution in [0.4, 0.5) is 0 Å². The lowest BCUT2D eigenvalue weighted by atomic mass is 9.69. The number of benzene rings is 3.